The van der Waals surface area contributed by atoms with Crippen molar-refractivity contribution in [2.24, 2.45) is 0 Å². The number of likely N-dealkylation sites (N-methyl/N-ethyl adjacent to an activating group) is 1. The monoisotopic (exact) mass is 213 g/mol. The summed E-state index contributed by atoms with van der Waals surface area (Å²) in [5, 5.41) is 5.37. The minimum absolute atomic E-state index is 0.146. The SMILES string of the molecule is CNC(c1cccs1)C1COCCO1. The molecule has 1 aliphatic heterocycles. The van der Waals surface area contributed by atoms with Gasteiger partial charge in [-0.3, -0.25) is 0 Å². The second kappa shape index (κ2) is 4.89. The summed E-state index contributed by atoms with van der Waals surface area (Å²) in [5.41, 5.74) is 0. The van der Waals surface area contributed by atoms with Crippen molar-refractivity contribution in [2.75, 3.05) is 26.9 Å². The number of hydrogen-bond donors (Lipinski definition) is 1. The van der Waals surface area contributed by atoms with Gasteiger partial charge in [0.25, 0.3) is 0 Å². The van der Waals surface area contributed by atoms with Crippen LogP contribution in [0.5, 0.6) is 0 Å². The topological polar surface area (TPSA) is 30.5 Å². The van der Waals surface area contributed by atoms with Crippen LogP contribution in [0.3, 0.4) is 0 Å². The standard InChI is InChI=1S/C10H15NO2S/c1-11-10(9-3-2-6-14-9)8-7-12-4-5-13-8/h2-3,6,8,10-11H,4-5,7H2,1H3. The third-order valence-corrected chi connectivity index (χ3v) is 3.33. The van der Waals surface area contributed by atoms with Crippen molar-refractivity contribution in [3.8, 4) is 0 Å². The predicted octanol–water partition coefficient (Wildman–Crippen LogP) is 1.42. The van der Waals surface area contributed by atoms with E-state index in [1.165, 1.54) is 4.88 Å². The molecule has 1 fully saturated rings. The Morgan fingerprint density at radius 2 is 2.50 bits per heavy atom. The summed E-state index contributed by atoms with van der Waals surface area (Å²) in [7, 11) is 1.96. The minimum atomic E-state index is 0.146. The van der Waals surface area contributed by atoms with Crippen LogP contribution in [-0.4, -0.2) is 33.0 Å². The van der Waals surface area contributed by atoms with E-state index in [1.54, 1.807) is 11.3 Å². The third kappa shape index (κ3) is 2.15. The molecular formula is C10H15NO2S. The van der Waals surface area contributed by atoms with Gasteiger partial charge in [0.2, 0.25) is 0 Å². The first-order valence-corrected chi connectivity index (χ1v) is 5.70. The van der Waals surface area contributed by atoms with Crippen molar-refractivity contribution in [1.29, 1.82) is 0 Å². The van der Waals surface area contributed by atoms with Crippen molar-refractivity contribution >= 4 is 11.3 Å². The highest BCUT2D eigenvalue weighted by molar-refractivity contribution is 7.10. The minimum Gasteiger partial charge on any atom is -0.376 e. The molecule has 3 nitrogen and oxygen atoms in total. The number of rotatable bonds is 3. The molecule has 0 radical (unpaired) electrons. The zero-order chi connectivity index (χ0) is 9.80. The van der Waals surface area contributed by atoms with Gasteiger partial charge in [0.1, 0.15) is 6.10 Å². The van der Waals surface area contributed by atoms with Gasteiger partial charge in [-0.05, 0) is 18.5 Å². The Labute approximate surface area is 88.0 Å². The first kappa shape index (κ1) is 10.1. The normalized spacial score (nSPS) is 24.8. The molecule has 1 aromatic heterocycles. The average Bonchev–Trinajstić information content (AvgIpc) is 2.74. The van der Waals surface area contributed by atoms with E-state index < -0.39 is 0 Å². The summed E-state index contributed by atoms with van der Waals surface area (Å²) < 4.78 is 11.1. The van der Waals surface area contributed by atoms with Crippen LogP contribution in [0.1, 0.15) is 10.9 Å². The number of hydrogen-bond acceptors (Lipinski definition) is 4. The van der Waals surface area contributed by atoms with Crippen LogP contribution in [0.25, 0.3) is 0 Å². The second-order valence-corrected chi connectivity index (χ2v) is 4.25. The van der Waals surface area contributed by atoms with Crippen molar-refractivity contribution in [3.05, 3.63) is 22.4 Å². The van der Waals surface area contributed by atoms with Gasteiger partial charge in [-0.15, -0.1) is 11.3 Å². The fourth-order valence-electron chi connectivity index (χ4n) is 1.68. The molecule has 1 N–H and O–H groups in total. The molecule has 2 rings (SSSR count). The number of thiophene rings is 1. The largest absolute Gasteiger partial charge is 0.376 e. The molecule has 0 saturated carbocycles. The van der Waals surface area contributed by atoms with Crippen LogP contribution in [-0.2, 0) is 9.47 Å². The highest BCUT2D eigenvalue weighted by atomic mass is 32.1. The highest BCUT2D eigenvalue weighted by Crippen LogP contribution is 2.24. The van der Waals surface area contributed by atoms with Gasteiger partial charge in [-0.25, -0.2) is 0 Å². The van der Waals surface area contributed by atoms with Crippen LogP contribution >= 0.6 is 11.3 Å². The molecule has 1 aromatic rings. The summed E-state index contributed by atoms with van der Waals surface area (Å²) in [6.07, 6.45) is 0.146. The van der Waals surface area contributed by atoms with Gasteiger partial charge in [0.15, 0.2) is 0 Å². The lowest BCUT2D eigenvalue weighted by Crippen LogP contribution is -2.38. The Balaban J connectivity index is 2.04. The molecule has 78 valence electrons. The van der Waals surface area contributed by atoms with E-state index in [1.807, 2.05) is 7.05 Å². The van der Waals surface area contributed by atoms with E-state index in [9.17, 15) is 0 Å². The van der Waals surface area contributed by atoms with E-state index >= 15 is 0 Å². The van der Waals surface area contributed by atoms with Crippen molar-refractivity contribution in [2.45, 2.75) is 12.1 Å². The van der Waals surface area contributed by atoms with Crippen LogP contribution in [0.4, 0.5) is 0 Å². The lowest BCUT2D eigenvalue weighted by molar-refractivity contribution is -0.101. The van der Waals surface area contributed by atoms with E-state index in [4.69, 9.17) is 9.47 Å². The summed E-state index contributed by atoms with van der Waals surface area (Å²) in [5.74, 6) is 0. The summed E-state index contributed by atoms with van der Waals surface area (Å²) in [6, 6.07) is 4.45. The zero-order valence-electron chi connectivity index (χ0n) is 8.23. The van der Waals surface area contributed by atoms with Gasteiger partial charge in [-0.2, -0.15) is 0 Å². The smallest absolute Gasteiger partial charge is 0.101 e. The first-order chi connectivity index (χ1) is 6.92. The fraction of sp³-hybridized carbons (Fsp3) is 0.600. The maximum atomic E-state index is 5.67. The molecule has 14 heavy (non-hydrogen) atoms. The molecule has 0 amide bonds. The average molecular weight is 213 g/mol. The van der Waals surface area contributed by atoms with Crippen LogP contribution in [0.2, 0.25) is 0 Å². The molecule has 0 spiro atoms. The van der Waals surface area contributed by atoms with E-state index in [0.717, 1.165) is 6.61 Å². The Kier molecular flexibility index (Phi) is 3.53. The predicted molar refractivity (Wildman–Crippen MR) is 56.7 cm³/mol. The molecule has 2 heterocycles. The molecule has 0 bridgehead atoms. The number of ether oxygens (including phenoxy) is 2. The van der Waals surface area contributed by atoms with E-state index in [2.05, 4.69) is 22.8 Å². The van der Waals surface area contributed by atoms with Crippen LogP contribution in [0, 0.1) is 0 Å². The number of nitrogens with one attached hydrogen (secondary N) is 1. The zero-order valence-corrected chi connectivity index (χ0v) is 9.05. The molecule has 1 saturated heterocycles. The highest BCUT2D eigenvalue weighted by Gasteiger charge is 2.25. The summed E-state index contributed by atoms with van der Waals surface area (Å²) in [6.45, 7) is 2.11. The molecule has 4 heteroatoms. The van der Waals surface area contributed by atoms with Gasteiger partial charge >= 0.3 is 0 Å². The van der Waals surface area contributed by atoms with Crippen molar-refractivity contribution < 1.29 is 9.47 Å². The van der Waals surface area contributed by atoms with Gasteiger partial charge in [0.05, 0.1) is 25.9 Å². The molecule has 2 atom stereocenters. The Morgan fingerprint density at radius 1 is 1.57 bits per heavy atom. The Morgan fingerprint density at radius 3 is 3.07 bits per heavy atom. The van der Waals surface area contributed by atoms with Crippen LogP contribution < -0.4 is 5.32 Å². The summed E-state index contributed by atoms with van der Waals surface area (Å²) >= 11 is 1.75. The second-order valence-electron chi connectivity index (χ2n) is 3.27. The molecule has 0 aromatic carbocycles. The quantitative estimate of drug-likeness (QED) is 0.824. The van der Waals surface area contributed by atoms with Crippen LogP contribution in [0.15, 0.2) is 17.5 Å². The fourth-order valence-corrected chi connectivity index (χ4v) is 2.57. The maximum absolute atomic E-state index is 5.67. The summed E-state index contributed by atoms with van der Waals surface area (Å²) in [4.78, 5) is 1.31. The van der Waals surface area contributed by atoms with Gasteiger partial charge < -0.3 is 14.8 Å². The molecule has 1 aliphatic rings. The van der Waals surface area contributed by atoms with E-state index in [-0.39, 0.29) is 12.1 Å². The molecule has 0 aliphatic carbocycles. The van der Waals surface area contributed by atoms with Gasteiger partial charge in [-0.1, -0.05) is 6.07 Å². The maximum Gasteiger partial charge on any atom is 0.101 e. The lowest BCUT2D eigenvalue weighted by atomic mass is 10.1. The van der Waals surface area contributed by atoms with Gasteiger partial charge in [0, 0.05) is 4.88 Å². The molecule has 2 unspecified atom stereocenters. The van der Waals surface area contributed by atoms with E-state index in [0.29, 0.717) is 13.2 Å². The molecular weight excluding hydrogens is 198 g/mol. The first-order valence-electron chi connectivity index (χ1n) is 4.82. The third-order valence-electron chi connectivity index (χ3n) is 2.37. The Bertz CT molecular complexity index is 257. The Hall–Kier alpha value is -0.420. The lowest BCUT2D eigenvalue weighted by Gasteiger charge is -2.29. The van der Waals surface area contributed by atoms with Crippen molar-refractivity contribution in [3.63, 3.8) is 0 Å². The van der Waals surface area contributed by atoms with Crippen molar-refractivity contribution in [1.82, 2.24) is 5.32 Å².